The first-order valence-corrected chi connectivity index (χ1v) is 22.0. The fraction of sp³-hybridized carbons (Fsp3) is 0.804. The van der Waals surface area contributed by atoms with E-state index in [9.17, 15) is 19.5 Å². The third-order valence-corrected chi connectivity index (χ3v) is 9.79. The fourth-order valence-corrected chi connectivity index (χ4v) is 6.34. The first-order valence-electron chi connectivity index (χ1n) is 22.0. The molecule has 54 heavy (non-hydrogen) atoms. The zero-order chi connectivity index (χ0) is 40.0. The van der Waals surface area contributed by atoms with E-state index in [0.717, 1.165) is 38.5 Å². The van der Waals surface area contributed by atoms with Gasteiger partial charge in [0.2, 0.25) is 0 Å². The Labute approximate surface area is 332 Å². The van der Waals surface area contributed by atoms with Gasteiger partial charge in [-0.2, -0.15) is 0 Å². The second kappa shape index (κ2) is 37.5. The van der Waals surface area contributed by atoms with Gasteiger partial charge in [-0.05, 0) is 44.9 Å². The van der Waals surface area contributed by atoms with Crippen molar-refractivity contribution < 1.29 is 38.2 Å². The summed E-state index contributed by atoms with van der Waals surface area (Å²) in [6, 6.07) is -0.619. The van der Waals surface area contributed by atoms with Crippen LogP contribution in [0.15, 0.2) is 36.5 Å². The molecule has 0 bridgehead atoms. The number of esters is 2. The molecule has 2 unspecified atom stereocenters. The maximum Gasteiger partial charge on any atom is 0.362 e. The van der Waals surface area contributed by atoms with Crippen molar-refractivity contribution in [2.75, 3.05) is 41.0 Å². The number of quaternary nitrogens is 1. The van der Waals surface area contributed by atoms with Gasteiger partial charge >= 0.3 is 17.9 Å². The summed E-state index contributed by atoms with van der Waals surface area (Å²) >= 11 is 0. The Hall–Kier alpha value is -2.45. The van der Waals surface area contributed by atoms with Gasteiger partial charge in [0.25, 0.3) is 0 Å². The van der Waals surface area contributed by atoms with Crippen molar-refractivity contribution in [3.05, 3.63) is 36.5 Å². The lowest BCUT2D eigenvalue weighted by Gasteiger charge is -2.31. The van der Waals surface area contributed by atoms with E-state index in [4.69, 9.17) is 14.2 Å². The Morgan fingerprint density at radius 3 is 1.50 bits per heavy atom. The molecule has 2 atom stereocenters. The van der Waals surface area contributed by atoms with Gasteiger partial charge in [0.1, 0.15) is 6.61 Å². The van der Waals surface area contributed by atoms with E-state index < -0.39 is 18.1 Å². The zero-order valence-corrected chi connectivity index (χ0v) is 35.7. The molecule has 1 N–H and O–H groups in total. The zero-order valence-electron chi connectivity index (χ0n) is 35.7. The van der Waals surface area contributed by atoms with E-state index in [1.54, 1.807) is 0 Å². The summed E-state index contributed by atoms with van der Waals surface area (Å²) in [5.41, 5.74) is 0. The quantitative estimate of drug-likeness (QED) is 0.0288. The molecule has 0 aromatic heterocycles. The summed E-state index contributed by atoms with van der Waals surface area (Å²) in [6.45, 7) is 4.68. The van der Waals surface area contributed by atoms with Crippen LogP contribution in [0.1, 0.15) is 187 Å². The Morgan fingerprint density at radius 1 is 0.556 bits per heavy atom. The number of hydrogen-bond acceptors (Lipinski definition) is 6. The standard InChI is InChI=1S/C46H83NO7/c1-6-8-10-12-14-16-18-20-21-22-23-25-26-28-30-32-34-36-44(48)53-41-42(40-52-39-38-43(46(50)51)47(3,4)5)54-45(49)37-35-33-31-29-27-24-19-17-15-13-11-9-7-2/h20-21,23,25,28,30,42-43H,6-19,22,24,26-27,29,31-41H2,1-5H3/p+1/b21-20+,25-23+,30-28+. The van der Waals surface area contributed by atoms with Crippen molar-refractivity contribution in [1.29, 1.82) is 0 Å². The number of nitrogens with zero attached hydrogens (tertiary/aromatic N) is 1. The molecule has 314 valence electrons. The van der Waals surface area contributed by atoms with Crippen LogP contribution in [0.4, 0.5) is 0 Å². The molecule has 0 aliphatic carbocycles. The number of carboxylic acids is 1. The SMILES string of the molecule is CCCCCCCC/C=C/C/C=C/C/C=C/CCCC(=O)OCC(COCCC(C(=O)O)[N+](C)(C)C)OC(=O)CCCCCCCCCCCCCCC. The topological polar surface area (TPSA) is 99.1 Å². The Kier molecular flexibility index (Phi) is 35.8. The average Bonchev–Trinajstić information content (AvgIpc) is 3.12. The molecule has 0 amide bonds. The number of ether oxygens (including phenoxy) is 3. The number of carbonyl (C=O) groups is 3. The fourth-order valence-electron chi connectivity index (χ4n) is 6.34. The molecule has 0 aromatic carbocycles. The molecule has 8 heteroatoms. The van der Waals surface area contributed by atoms with E-state index in [0.29, 0.717) is 19.3 Å². The molecule has 0 heterocycles. The third-order valence-electron chi connectivity index (χ3n) is 9.79. The minimum atomic E-state index is -0.881. The van der Waals surface area contributed by atoms with Gasteiger partial charge in [0.05, 0.1) is 34.4 Å². The molecule has 0 aromatic rings. The number of rotatable bonds is 39. The van der Waals surface area contributed by atoms with Crippen molar-refractivity contribution in [3.8, 4) is 0 Å². The van der Waals surface area contributed by atoms with Crippen LogP contribution in [0.5, 0.6) is 0 Å². The largest absolute Gasteiger partial charge is 0.477 e. The second-order valence-corrected chi connectivity index (χ2v) is 16.0. The Balaban J connectivity index is 4.42. The molecule has 0 radical (unpaired) electrons. The third kappa shape index (κ3) is 35.3. The highest BCUT2D eigenvalue weighted by atomic mass is 16.6. The summed E-state index contributed by atoms with van der Waals surface area (Å²) in [5.74, 6) is -1.53. The van der Waals surface area contributed by atoms with Gasteiger partial charge < -0.3 is 23.8 Å². The van der Waals surface area contributed by atoms with Crippen molar-refractivity contribution in [1.82, 2.24) is 0 Å². The van der Waals surface area contributed by atoms with Gasteiger partial charge in [0.15, 0.2) is 12.1 Å². The summed E-state index contributed by atoms with van der Waals surface area (Å²) in [6.07, 6.45) is 41.9. The highest BCUT2D eigenvalue weighted by Crippen LogP contribution is 2.14. The average molecular weight is 763 g/mol. The number of carboxylic acid groups (broad SMARTS) is 1. The number of likely N-dealkylation sites (N-methyl/N-ethyl adjacent to an activating group) is 1. The Morgan fingerprint density at radius 2 is 1.00 bits per heavy atom. The summed E-state index contributed by atoms with van der Waals surface area (Å²) in [4.78, 5) is 36.9. The number of hydrogen-bond donors (Lipinski definition) is 1. The highest BCUT2D eigenvalue weighted by molar-refractivity contribution is 5.72. The molecule has 8 nitrogen and oxygen atoms in total. The van der Waals surface area contributed by atoms with Crippen molar-refractivity contribution in [3.63, 3.8) is 0 Å². The monoisotopic (exact) mass is 763 g/mol. The van der Waals surface area contributed by atoms with Gasteiger partial charge in [0, 0.05) is 19.3 Å². The maximum absolute atomic E-state index is 12.7. The molecule has 0 aliphatic heterocycles. The maximum atomic E-state index is 12.7. The Bertz CT molecular complexity index is 984. The smallest absolute Gasteiger partial charge is 0.362 e. The molecule has 0 rings (SSSR count). The van der Waals surface area contributed by atoms with Crippen LogP contribution >= 0.6 is 0 Å². The van der Waals surface area contributed by atoms with Crippen molar-refractivity contribution in [2.24, 2.45) is 0 Å². The van der Waals surface area contributed by atoms with Crippen molar-refractivity contribution >= 4 is 17.9 Å². The van der Waals surface area contributed by atoms with Crippen molar-refractivity contribution in [2.45, 2.75) is 199 Å². The lowest BCUT2D eigenvalue weighted by atomic mass is 10.0. The number of carbonyl (C=O) groups excluding carboxylic acids is 2. The number of unbranched alkanes of at least 4 members (excludes halogenated alkanes) is 19. The minimum Gasteiger partial charge on any atom is -0.477 e. The highest BCUT2D eigenvalue weighted by Gasteiger charge is 2.31. The molecular formula is C46H84NO7+. The lowest BCUT2D eigenvalue weighted by molar-refractivity contribution is -0.887. The van der Waals surface area contributed by atoms with E-state index in [2.05, 4.69) is 50.3 Å². The van der Waals surface area contributed by atoms with Crippen LogP contribution in [-0.4, -0.2) is 80.6 Å². The predicted octanol–water partition coefficient (Wildman–Crippen LogP) is 11.9. The summed E-state index contributed by atoms with van der Waals surface area (Å²) in [5, 5.41) is 9.61. The van der Waals surface area contributed by atoms with Crippen LogP contribution in [0.2, 0.25) is 0 Å². The predicted molar refractivity (Wildman–Crippen MR) is 225 cm³/mol. The first-order chi connectivity index (χ1) is 26.1. The summed E-state index contributed by atoms with van der Waals surface area (Å²) in [7, 11) is 5.51. The lowest BCUT2D eigenvalue weighted by Crippen LogP contribution is -2.50. The molecular weight excluding hydrogens is 679 g/mol. The van der Waals surface area contributed by atoms with Crippen LogP contribution in [0.25, 0.3) is 0 Å². The van der Waals surface area contributed by atoms with Gasteiger partial charge in [-0.3, -0.25) is 9.59 Å². The number of aliphatic carboxylic acids is 1. The van der Waals surface area contributed by atoms with Crippen LogP contribution < -0.4 is 0 Å². The van der Waals surface area contributed by atoms with Gasteiger partial charge in [-0.1, -0.05) is 159 Å². The normalized spacial score (nSPS) is 13.3. The van der Waals surface area contributed by atoms with Crippen LogP contribution in [0, 0.1) is 0 Å². The summed E-state index contributed by atoms with van der Waals surface area (Å²) < 4.78 is 17.2. The molecule has 0 fully saturated rings. The van der Waals surface area contributed by atoms with E-state index in [1.807, 2.05) is 21.1 Å². The van der Waals surface area contributed by atoms with Gasteiger partial charge in [-0.25, -0.2) is 4.79 Å². The molecule has 0 aliphatic rings. The van der Waals surface area contributed by atoms with Crippen LogP contribution in [0.3, 0.4) is 0 Å². The first kappa shape index (κ1) is 51.5. The van der Waals surface area contributed by atoms with E-state index in [-0.39, 0.29) is 42.7 Å². The number of allylic oxidation sites excluding steroid dienone is 6. The van der Waals surface area contributed by atoms with Crippen LogP contribution in [-0.2, 0) is 28.6 Å². The van der Waals surface area contributed by atoms with E-state index in [1.165, 1.54) is 109 Å². The van der Waals surface area contributed by atoms with Gasteiger partial charge in [-0.15, -0.1) is 0 Å². The molecule has 0 spiro atoms. The van der Waals surface area contributed by atoms with E-state index >= 15 is 0 Å². The minimum absolute atomic E-state index is 0.0479. The molecule has 0 saturated carbocycles. The molecule has 0 saturated heterocycles. The second-order valence-electron chi connectivity index (χ2n) is 16.0.